The lowest BCUT2D eigenvalue weighted by atomic mass is 9.85. The summed E-state index contributed by atoms with van der Waals surface area (Å²) in [4.78, 5) is 27.4. The van der Waals surface area contributed by atoms with Crippen LogP contribution in [-0.4, -0.2) is 20.9 Å². The van der Waals surface area contributed by atoms with Crippen molar-refractivity contribution < 1.29 is 4.79 Å². The normalized spacial score (nSPS) is 14.7. The fourth-order valence-corrected chi connectivity index (χ4v) is 3.34. The number of rotatable bonds is 2. The van der Waals surface area contributed by atoms with Gasteiger partial charge in [0, 0.05) is 24.2 Å². The van der Waals surface area contributed by atoms with E-state index in [1.807, 2.05) is 39.0 Å². The van der Waals surface area contributed by atoms with Crippen LogP contribution in [0.5, 0.6) is 0 Å². The van der Waals surface area contributed by atoms with E-state index in [4.69, 9.17) is 0 Å². The molecule has 0 radical (unpaired) electrons. The molecule has 2 aromatic heterocycles. The molecular formula is C21H17N5O. The van der Waals surface area contributed by atoms with Crippen LogP contribution in [0.2, 0.25) is 0 Å². The minimum Gasteiger partial charge on any atom is -0.278 e. The Morgan fingerprint density at radius 3 is 2.48 bits per heavy atom. The Balaban J connectivity index is 1.89. The van der Waals surface area contributed by atoms with Crippen molar-refractivity contribution >= 4 is 17.3 Å². The largest absolute Gasteiger partial charge is 0.278 e. The van der Waals surface area contributed by atoms with Gasteiger partial charge in [-0.05, 0) is 44.0 Å². The summed E-state index contributed by atoms with van der Waals surface area (Å²) in [6, 6.07) is 9.68. The zero-order chi connectivity index (χ0) is 19.2. The van der Waals surface area contributed by atoms with E-state index < -0.39 is 5.41 Å². The second-order valence-corrected chi connectivity index (χ2v) is 7.06. The van der Waals surface area contributed by atoms with E-state index in [9.17, 15) is 10.1 Å². The molecule has 1 aromatic carbocycles. The summed E-state index contributed by atoms with van der Waals surface area (Å²) >= 11 is 0. The Morgan fingerprint density at radius 2 is 1.78 bits per heavy atom. The first kappa shape index (κ1) is 16.9. The summed E-state index contributed by atoms with van der Waals surface area (Å²) in [5.41, 5.74) is 3.86. The fourth-order valence-electron chi connectivity index (χ4n) is 3.34. The van der Waals surface area contributed by atoms with Gasteiger partial charge in [-0.15, -0.1) is 0 Å². The quantitative estimate of drug-likeness (QED) is 0.700. The van der Waals surface area contributed by atoms with Crippen LogP contribution in [0.15, 0.2) is 49.1 Å². The molecule has 1 amide bonds. The highest BCUT2D eigenvalue weighted by molar-refractivity contribution is 6.13. The lowest BCUT2D eigenvalue weighted by molar-refractivity contribution is -0.121. The molecule has 132 valence electrons. The maximum Gasteiger partial charge on any atom is 0.241 e. The van der Waals surface area contributed by atoms with Gasteiger partial charge < -0.3 is 0 Å². The maximum absolute atomic E-state index is 13.2. The summed E-state index contributed by atoms with van der Waals surface area (Å²) in [7, 11) is 0. The monoisotopic (exact) mass is 355 g/mol. The Bertz CT molecular complexity index is 1100. The van der Waals surface area contributed by atoms with Gasteiger partial charge in [0.05, 0.1) is 28.6 Å². The van der Waals surface area contributed by atoms with Gasteiger partial charge in [-0.25, -0.2) is 9.97 Å². The van der Waals surface area contributed by atoms with Gasteiger partial charge in [-0.2, -0.15) is 5.26 Å². The molecule has 27 heavy (non-hydrogen) atoms. The number of nitrogens with zero attached hydrogens (tertiary/aromatic N) is 5. The van der Waals surface area contributed by atoms with E-state index in [1.165, 1.54) is 6.20 Å². The van der Waals surface area contributed by atoms with Gasteiger partial charge in [0.15, 0.2) is 0 Å². The van der Waals surface area contributed by atoms with Gasteiger partial charge in [0.1, 0.15) is 11.9 Å². The molecule has 0 saturated carbocycles. The highest BCUT2D eigenvalue weighted by Gasteiger charge is 2.44. The summed E-state index contributed by atoms with van der Waals surface area (Å²) < 4.78 is 0. The second-order valence-electron chi connectivity index (χ2n) is 7.06. The predicted octanol–water partition coefficient (Wildman–Crippen LogP) is 3.67. The summed E-state index contributed by atoms with van der Waals surface area (Å²) in [5.74, 6) is 0.656. The van der Waals surface area contributed by atoms with E-state index >= 15 is 0 Å². The van der Waals surface area contributed by atoms with Gasteiger partial charge >= 0.3 is 0 Å². The van der Waals surface area contributed by atoms with Crippen molar-refractivity contribution in [3.63, 3.8) is 0 Å². The van der Waals surface area contributed by atoms with Crippen LogP contribution < -0.4 is 4.90 Å². The molecule has 3 heterocycles. The van der Waals surface area contributed by atoms with Gasteiger partial charge in [0.25, 0.3) is 0 Å². The van der Waals surface area contributed by atoms with Gasteiger partial charge in [0.2, 0.25) is 5.91 Å². The SMILES string of the molecule is Cc1ncc(-c2ccc3c(c2)N(c2cncc(C#N)c2)C(=O)C3(C)C)cn1. The summed E-state index contributed by atoms with van der Waals surface area (Å²) in [6.07, 6.45) is 6.63. The van der Waals surface area contributed by atoms with Crippen LogP contribution in [-0.2, 0) is 10.2 Å². The van der Waals surface area contributed by atoms with Crippen molar-refractivity contribution in [2.45, 2.75) is 26.2 Å². The second kappa shape index (κ2) is 5.99. The number of aryl methyl sites for hydroxylation is 1. The molecule has 0 N–H and O–H groups in total. The number of amides is 1. The molecule has 3 aromatic rings. The van der Waals surface area contributed by atoms with Crippen LogP contribution in [0.3, 0.4) is 0 Å². The zero-order valence-corrected chi connectivity index (χ0v) is 15.3. The first-order chi connectivity index (χ1) is 12.9. The lowest BCUT2D eigenvalue weighted by Gasteiger charge is -2.20. The number of benzene rings is 1. The van der Waals surface area contributed by atoms with Crippen LogP contribution in [0.25, 0.3) is 11.1 Å². The van der Waals surface area contributed by atoms with Crippen LogP contribution in [0.4, 0.5) is 11.4 Å². The molecule has 0 atom stereocenters. The number of anilines is 2. The maximum atomic E-state index is 13.2. The van der Waals surface area contributed by atoms with Crippen molar-refractivity contribution in [1.82, 2.24) is 15.0 Å². The topological polar surface area (TPSA) is 82.8 Å². The Labute approximate surface area is 157 Å². The Kier molecular flexibility index (Phi) is 3.74. The molecule has 0 saturated heterocycles. The molecule has 4 rings (SSSR count). The first-order valence-electron chi connectivity index (χ1n) is 8.55. The van der Waals surface area contributed by atoms with Crippen molar-refractivity contribution in [3.8, 4) is 17.2 Å². The molecule has 0 aliphatic carbocycles. The lowest BCUT2D eigenvalue weighted by Crippen LogP contribution is -2.33. The average Bonchev–Trinajstić information content (AvgIpc) is 2.88. The van der Waals surface area contributed by atoms with Crippen LogP contribution in [0, 0.1) is 18.3 Å². The highest BCUT2D eigenvalue weighted by Crippen LogP contribution is 2.46. The molecule has 0 unspecified atom stereocenters. The number of hydrogen-bond donors (Lipinski definition) is 0. The molecule has 0 spiro atoms. The third kappa shape index (κ3) is 2.64. The molecule has 1 aliphatic heterocycles. The average molecular weight is 355 g/mol. The van der Waals surface area contributed by atoms with Crippen molar-refractivity contribution in [1.29, 1.82) is 5.26 Å². The third-order valence-corrected chi connectivity index (χ3v) is 4.88. The molecule has 6 heteroatoms. The number of carbonyl (C=O) groups excluding carboxylic acids is 1. The van der Waals surface area contributed by atoms with E-state index in [-0.39, 0.29) is 5.91 Å². The van der Waals surface area contributed by atoms with E-state index in [0.29, 0.717) is 17.1 Å². The van der Waals surface area contributed by atoms with Gasteiger partial charge in [-0.3, -0.25) is 14.7 Å². The first-order valence-corrected chi connectivity index (χ1v) is 8.55. The molecule has 6 nitrogen and oxygen atoms in total. The molecular weight excluding hydrogens is 338 g/mol. The summed E-state index contributed by atoms with van der Waals surface area (Å²) in [6.45, 7) is 5.65. The molecule has 0 bridgehead atoms. The number of aromatic nitrogens is 3. The number of fused-ring (bicyclic) bond motifs is 1. The van der Waals surface area contributed by atoms with Crippen molar-refractivity contribution in [3.05, 3.63) is 66.0 Å². The molecule has 1 aliphatic rings. The summed E-state index contributed by atoms with van der Waals surface area (Å²) in [5, 5.41) is 9.18. The minimum absolute atomic E-state index is 0.0494. The third-order valence-electron chi connectivity index (χ3n) is 4.88. The number of pyridine rings is 1. The van der Waals surface area contributed by atoms with Crippen LogP contribution in [0.1, 0.15) is 30.8 Å². The predicted molar refractivity (Wildman–Crippen MR) is 101 cm³/mol. The smallest absolute Gasteiger partial charge is 0.241 e. The standard InChI is InChI=1S/C21H17N5O/c1-13-24-10-16(11-25-13)15-4-5-18-19(7-15)26(20(27)21(18,2)3)17-6-14(8-22)9-23-12-17/h4-7,9-12H,1-3H3. The van der Waals surface area contributed by atoms with E-state index in [0.717, 1.165) is 22.4 Å². The number of carbonyl (C=O) groups is 1. The Hall–Kier alpha value is -3.59. The molecule has 0 fully saturated rings. The van der Waals surface area contributed by atoms with E-state index in [1.54, 1.807) is 29.6 Å². The number of hydrogen-bond acceptors (Lipinski definition) is 5. The van der Waals surface area contributed by atoms with Crippen LogP contribution >= 0.6 is 0 Å². The fraction of sp³-hybridized carbons (Fsp3) is 0.190. The van der Waals surface area contributed by atoms with Gasteiger partial charge in [-0.1, -0.05) is 12.1 Å². The van der Waals surface area contributed by atoms with Crippen molar-refractivity contribution in [2.75, 3.05) is 4.90 Å². The minimum atomic E-state index is -0.666. The van der Waals surface area contributed by atoms with Crippen molar-refractivity contribution in [2.24, 2.45) is 0 Å². The zero-order valence-electron chi connectivity index (χ0n) is 15.3. The van der Waals surface area contributed by atoms with E-state index in [2.05, 4.69) is 21.0 Å². The Morgan fingerprint density at radius 1 is 1.04 bits per heavy atom. The number of nitriles is 1. The highest BCUT2D eigenvalue weighted by atomic mass is 16.2.